The van der Waals surface area contributed by atoms with Crippen LogP contribution >= 0.6 is 0 Å². The van der Waals surface area contributed by atoms with Gasteiger partial charge in [0.25, 0.3) is 5.91 Å². The lowest BCUT2D eigenvalue weighted by atomic mass is 9.86. The number of carbonyl (C=O) groups excluding carboxylic acids is 1. The summed E-state index contributed by atoms with van der Waals surface area (Å²) in [6, 6.07) is 14.1. The summed E-state index contributed by atoms with van der Waals surface area (Å²) >= 11 is 0. The van der Waals surface area contributed by atoms with Crippen LogP contribution in [0.5, 0.6) is 5.75 Å². The van der Waals surface area contributed by atoms with Gasteiger partial charge in [-0.05, 0) is 42.5 Å². The fraction of sp³-hybridized carbons (Fsp3) is 0.435. The molecule has 0 heterocycles. The van der Waals surface area contributed by atoms with Gasteiger partial charge in [0.05, 0.1) is 7.11 Å². The van der Waals surface area contributed by atoms with E-state index in [9.17, 15) is 13.2 Å². The highest BCUT2D eigenvalue weighted by Gasteiger charge is 2.28. The lowest BCUT2D eigenvalue weighted by molar-refractivity contribution is 0.0910. The van der Waals surface area contributed by atoms with E-state index in [-0.39, 0.29) is 29.1 Å². The first kappa shape index (κ1) is 22.3. The molecule has 162 valence electrons. The average molecular weight is 431 g/mol. The quantitative estimate of drug-likeness (QED) is 0.724. The Kier molecular flexibility index (Phi) is 7.15. The third kappa shape index (κ3) is 5.02. The molecule has 0 aliphatic heterocycles. The van der Waals surface area contributed by atoms with Crippen molar-refractivity contribution in [2.75, 3.05) is 14.2 Å². The van der Waals surface area contributed by atoms with Gasteiger partial charge in [-0.1, -0.05) is 50.1 Å². The molecule has 1 N–H and O–H groups in total. The number of ether oxygens (including phenoxy) is 1. The maximum Gasteiger partial charge on any atom is 0.251 e. The molecular weight excluding hydrogens is 400 g/mol. The molecule has 2 aromatic rings. The summed E-state index contributed by atoms with van der Waals surface area (Å²) in [7, 11) is -0.900. The van der Waals surface area contributed by atoms with Crippen LogP contribution in [0.2, 0.25) is 0 Å². The van der Waals surface area contributed by atoms with E-state index in [0.29, 0.717) is 11.5 Å². The first-order valence-electron chi connectivity index (χ1n) is 10.3. The van der Waals surface area contributed by atoms with Crippen LogP contribution in [0, 0.1) is 5.92 Å². The number of carbonyl (C=O) groups is 1. The zero-order valence-corrected chi connectivity index (χ0v) is 18.6. The number of hydrogen-bond donors (Lipinski definition) is 1. The fourth-order valence-electron chi connectivity index (χ4n) is 3.90. The Morgan fingerprint density at radius 2 is 1.83 bits per heavy atom. The third-order valence-corrected chi connectivity index (χ3v) is 7.61. The van der Waals surface area contributed by atoms with Gasteiger partial charge < -0.3 is 10.1 Å². The number of amides is 1. The number of nitrogens with one attached hydrogen (secondary N) is 1. The van der Waals surface area contributed by atoms with E-state index < -0.39 is 10.0 Å². The molecule has 3 rings (SSSR count). The van der Waals surface area contributed by atoms with Crippen LogP contribution in [0.4, 0.5) is 0 Å². The monoisotopic (exact) mass is 430 g/mol. The van der Waals surface area contributed by atoms with Crippen molar-refractivity contribution in [2.45, 2.75) is 50.1 Å². The Labute approximate surface area is 179 Å². The highest BCUT2D eigenvalue weighted by Crippen LogP contribution is 2.29. The molecule has 1 saturated carbocycles. The number of benzene rings is 2. The normalized spacial score (nSPS) is 19.5. The summed E-state index contributed by atoms with van der Waals surface area (Å²) in [6.45, 7) is 2.37. The summed E-state index contributed by atoms with van der Waals surface area (Å²) in [5.74, 6) is 0.386. The lowest BCUT2D eigenvalue weighted by Crippen LogP contribution is -2.41. The molecule has 0 saturated heterocycles. The molecule has 2 unspecified atom stereocenters. The molecule has 2 aromatic carbocycles. The molecule has 0 radical (unpaired) electrons. The van der Waals surface area contributed by atoms with Crippen LogP contribution in [0.25, 0.3) is 0 Å². The number of sulfonamides is 1. The van der Waals surface area contributed by atoms with Gasteiger partial charge in [-0.2, -0.15) is 4.31 Å². The number of hydrogen-bond acceptors (Lipinski definition) is 4. The predicted octanol–water partition coefficient (Wildman–Crippen LogP) is 3.82. The Morgan fingerprint density at radius 3 is 2.50 bits per heavy atom. The largest absolute Gasteiger partial charge is 0.495 e. The minimum atomic E-state index is -3.85. The van der Waals surface area contributed by atoms with Crippen molar-refractivity contribution in [3.8, 4) is 5.75 Å². The van der Waals surface area contributed by atoms with Crippen LogP contribution in [-0.4, -0.2) is 38.8 Å². The van der Waals surface area contributed by atoms with Gasteiger partial charge >= 0.3 is 0 Å². The van der Waals surface area contributed by atoms with Gasteiger partial charge in [-0.15, -0.1) is 0 Å². The topological polar surface area (TPSA) is 75.7 Å². The fourth-order valence-corrected chi connectivity index (χ4v) is 5.23. The maximum absolute atomic E-state index is 13.2. The van der Waals surface area contributed by atoms with Gasteiger partial charge in [-0.25, -0.2) is 8.42 Å². The standard InChI is InChI=1S/C23H30N2O4S/c1-17-9-7-8-12-20(17)24-23(26)19-13-14-21(29-3)22(15-19)30(27,28)25(2)16-18-10-5-4-6-11-18/h4-6,10-11,13-15,17,20H,7-9,12,16H2,1-3H3,(H,24,26). The van der Waals surface area contributed by atoms with Gasteiger partial charge in [0.15, 0.2) is 0 Å². The molecule has 7 heteroatoms. The number of methoxy groups -OCH3 is 1. The molecule has 0 bridgehead atoms. The summed E-state index contributed by atoms with van der Waals surface area (Å²) in [4.78, 5) is 12.8. The van der Waals surface area contributed by atoms with Gasteiger partial charge in [-0.3, -0.25) is 4.79 Å². The molecule has 1 aliphatic carbocycles. The predicted molar refractivity (Wildman–Crippen MR) is 117 cm³/mol. The molecule has 1 fully saturated rings. The summed E-state index contributed by atoms with van der Waals surface area (Å²) in [6.07, 6.45) is 4.33. The van der Waals surface area contributed by atoms with Crippen LogP contribution in [-0.2, 0) is 16.6 Å². The van der Waals surface area contributed by atoms with E-state index >= 15 is 0 Å². The molecular formula is C23H30N2O4S. The minimum absolute atomic E-state index is 0.00669. The molecule has 6 nitrogen and oxygen atoms in total. The van der Waals surface area contributed by atoms with Crippen LogP contribution in [0.15, 0.2) is 53.4 Å². The zero-order chi connectivity index (χ0) is 21.7. The molecule has 30 heavy (non-hydrogen) atoms. The Balaban J connectivity index is 1.85. The number of rotatable bonds is 7. The molecule has 0 spiro atoms. The van der Waals surface area contributed by atoms with Crippen molar-refractivity contribution < 1.29 is 17.9 Å². The number of nitrogens with zero attached hydrogens (tertiary/aromatic N) is 1. The summed E-state index contributed by atoms with van der Waals surface area (Å²) in [5.41, 5.74) is 1.20. The van der Waals surface area contributed by atoms with Crippen molar-refractivity contribution in [1.82, 2.24) is 9.62 Å². The smallest absolute Gasteiger partial charge is 0.251 e. The highest BCUT2D eigenvalue weighted by molar-refractivity contribution is 7.89. The molecule has 1 aliphatic rings. The molecule has 0 aromatic heterocycles. The first-order chi connectivity index (χ1) is 14.3. The summed E-state index contributed by atoms with van der Waals surface area (Å²) < 4.78 is 33.1. The Hall–Kier alpha value is -2.38. The second kappa shape index (κ2) is 9.62. The van der Waals surface area contributed by atoms with Crippen molar-refractivity contribution in [1.29, 1.82) is 0 Å². The van der Waals surface area contributed by atoms with Gasteiger partial charge in [0.2, 0.25) is 10.0 Å². The lowest BCUT2D eigenvalue weighted by Gasteiger charge is -2.29. The highest BCUT2D eigenvalue weighted by atomic mass is 32.2. The van der Waals surface area contributed by atoms with Crippen molar-refractivity contribution in [3.05, 3.63) is 59.7 Å². The third-order valence-electron chi connectivity index (χ3n) is 5.79. The Morgan fingerprint density at radius 1 is 1.13 bits per heavy atom. The molecule has 2 atom stereocenters. The SMILES string of the molecule is COc1ccc(C(=O)NC2CCCCC2C)cc1S(=O)(=O)N(C)Cc1ccccc1. The van der Waals surface area contributed by atoms with Crippen LogP contribution < -0.4 is 10.1 Å². The van der Waals surface area contributed by atoms with Crippen molar-refractivity contribution >= 4 is 15.9 Å². The van der Waals surface area contributed by atoms with Crippen LogP contribution in [0.1, 0.15) is 48.5 Å². The van der Waals surface area contributed by atoms with E-state index in [1.54, 1.807) is 12.1 Å². The minimum Gasteiger partial charge on any atom is -0.495 e. The second-order valence-electron chi connectivity index (χ2n) is 7.95. The van der Waals surface area contributed by atoms with Gasteiger partial charge in [0.1, 0.15) is 10.6 Å². The van der Waals surface area contributed by atoms with E-state index in [1.807, 2.05) is 30.3 Å². The average Bonchev–Trinajstić information content (AvgIpc) is 2.75. The molecule has 1 amide bonds. The van der Waals surface area contributed by atoms with E-state index in [0.717, 1.165) is 24.8 Å². The van der Waals surface area contributed by atoms with Gasteiger partial charge in [0, 0.05) is 25.2 Å². The first-order valence-corrected chi connectivity index (χ1v) is 11.8. The Bertz CT molecular complexity index is 976. The van der Waals surface area contributed by atoms with Crippen molar-refractivity contribution in [2.24, 2.45) is 5.92 Å². The summed E-state index contributed by atoms with van der Waals surface area (Å²) in [5, 5.41) is 3.08. The van der Waals surface area contributed by atoms with E-state index in [2.05, 4.69) is 12.2 Å². The van der Waals surface area contributed by atoms with E-state index in [1.165, 1.54) is 30.9 Å². The second-order valence-corrected chi connectivity index (χ2v) is 9.97. The van der Waals surface area contributed by atoms with Crippen molar-refractivity contribution in [3.63, 3.8) is 0 Å². The zero-order valence-electron chi connectivity index (χ0n) is 17.8. The van der Waals surface area contributed by atoms with E-state index in [4.69, 9.17) is 4.74 Å². The maximum atomic E-state index is 13.2. The van der Waals surface area contributed by atoms with Crippen LogP contribution in [0.3, 0.4) is 0 Å².